The van der Waals surface area contributed by atoms with E-state index in [1.807, 2.05) is 0 Å². The predicted octanol–water partition coefficient (Wildman–Crippen LogP) is 2.91. The third-order valence-electron chi connectivity index (χ3n) is 3.10. The van der Waals surface area contributed by atoms with Gasteiger partial charge in [0.2, 0.25) is 5.91 Å². The Kier molecular flexibility index (Phi) is 5.65. The van der Waals surface area contributed by atoms with Crippen molar-refractivity contribution in [1.82, 2.24) is 10.3 Å². The van der Waals surface area contributed by atoms with Gasteiger partial charge in [0.15, 0.2) is 11.6 Å². The molecule has 0 atom stereocenters. The number of carbonyl (C=O) groups excluding carboxylic acids is 1. The number of rotatable bonds is 6. The van der Waals surface area contributed by atoms with Gasteiger partial charge in [0.05, 0.1) is 18.3 Å². The van der Waals surface area contributed by atoms with E-state index in [1.165, 1.54) is 30.5 Å². The first kappa shape index (κ1) is 17.6. The quantitative estimate of drug-likeness (QED) is 0.799. The van der Waals surface area contributed by atoms with E-state index in [4.69, 9.17) is 9.84 Å². The second-order valence-electron chi connectivity index (χ2n) is 5.85. The first-order valence-electron chi connectivity index (χ1n) is 7.38. The van der Waals surface area contributed by atoms with Crippen molar-refractivity contribution in [2.75, 3.05) is 6.61 Å². The summed E-state index contributed by atoms with van der Waals surface area (Å²) in [5.41, 5.74) is -0.198. The van der Waals surface area contributed by atoms with Gasteiger partial charge in [0.25, 0.3) is 0 Å². The number of pyridine rings is 1. The van der Waals surface area contributed by atoms with Gasteiger partial charge in [-0.15, -0.1) is 0 Å². The van der Waals surface area contributed by atoms with Crippen LogP contribution in [0.4, 0.5) is 4.39 Å². The van der Waals surface area contributed by atoms with E-state index in [-0.39, 0.29) is 18.3 Å². The molecule has 1 amide bonds. The van der Waals surface area contributed by atoms with Crippen LogP contribution >= 0.6 is 0 Å². The maximum absolute atomic E-state index is 14.1. The fraction of sp³-hybridized carbons (Fsp3) is 0.222. The van der Waals surface area contributed by atoms with Crippen molar-refractivity contribution < 1.29 is 19.0 Å². The molecule has 5 nitrogen and oxygen atoms in total. The molecule has 2 rings (SSSR count). The monoisotopic (exact) mass is 330 g/mol. The number of nitrogens with one attached hydrogen (secondary N) is 1. The van der Waals surface area contributed by atoms with E-state index in [1.54, 1.807) is 38.2 Å². The standard InChI is InChI=1S/C18H19FN2O3/c1-18(2,12-22)21-17(23)8-6-13-5-7-16(15(19)10-13)24-14-4-3-9-20-11-14/h3-11,22H,12H2,1-2H3,(H,21,23)/b8-6+. The Labute approximate surface area is 139 Å². The molecule has 1 heterocycles. The average Bonchev–Trinajstić information content (AvgIpc) is 2.56. The lowest BCUT2D eigenvalue weighted by atomic mass is 10.1. The Bertz CT molecular complexity index is 730. The van der Waals surface area contributed by atoms with Crippen LogP contribution in [0.3, 0.4) is 0 Å². The zero-order valence-corrected chi connectivity index (χ0v) is 13.5. The van der Waals surface area contributed by atoms with Crippen molar-refractivity contribution in [2.24, 2.45) is 0 Å². The molecule has 2 aromatic rings. The lowest BCUT2D eigenvalue weighted by Gasteiger charge is -2.22. The third-order valence-corrected chi connectivity index (χ3v) is 3.10. The summed E-state index contributed by atoms with van der Waals surface area (Å²) in [5.74, 6) is -0.404. The molecular weight excluding hydrogens is 311 g/mol. The van der Waals surface area contributed by atoms with E-state index < -0.39 is 11.4 Å². The van der Waals surface area contributed by atoms with E-state index >= 15 is 0 Å². The molecule has 126 valence electrons. The number of hydrogen-bond donors (Lipinski definition) is 2. The molecule has 0 saturated heterocycles. The maximum Gasteiger partial charge on any atom is 0.244 e. The number of aromatic nitrogens is 1. The van der Waals surface area contributed by atoms with Crippen molar-refractivity contribution >= 4 is 12.0 Å². The fourth-order valence-electron chi connectivity index (χ4n) is 1.82. The molecule has 0 aliphatic heterocycles. The van der Waals surface area contributed by atoms with Crippen LogP contribution in [-0.4, -0.2) is 28.1 Å². The van der Waals surface area contributed by atoms with Crippen molar-refractivity contribution in [3.8, 4) is 11.5 Å². The molecule has 24 heavy (non-hydrogen) atoms. The molecule has 0 saturated carbocycles. The van der Waals surface area contributed by atoms with Gasteiger partial charge < -0.3 is 15.2 Å². The molecule has 0 spiro atoms. The second-order valence-corrected chi connectivity index (χ2v) is 5.85. The lowest BCUT2D eigenvalue weighted by molar-refractivity contribution is -0.118. The average molecular weight is 330 g/mol. The Morgan fingerprint density at radius 2 is 2.21 bits per heavy atom. The highest BCUT2D eigenvalue weighted by molar-refractivity contribution is 5.92. The first-order chi connectivity index (χ1) is 11.4. The Morgan fingerprint density at radius 1 is 1.42 bits per heavy atom. The molecule has 0 fully saturated rings. The highest BCUT2D eigenvalue weighted by atomic mass is 19.1. The Balaban J connectivity index is 2.04. The van der Waals surface area contributed by atoms with E-state index in [2.05, 4.69) is 10.3 Å². The molecule has 6 heteroatoms. The van der Waals surface area contributed by atoms with Crippen LogP contribution < -0.4 is 10.1 Å². The Morgan fingerprint density at radius 3 is 2.83 bits per heavy atom. The molecule has 1 aromatic carbocycles. The minimum Gasteiger partial charge on any atom is -0.453 e. The van der Waals surface area contributed by atoms with Gasteiger partial charge in [-0.2, -0.15) is 0 Å². The molecule has 1 aromatic heterocycles. The number of amides is 1. The van der Waals surface area contributed by atoms with Crippen LogP contribution in [0.25, 0.3) is 6.08 Å². The van der Waals surface area contributed by atoms with Gasteiger partial charge >= 0.3 is 0 Å². The number of nitrogens with zero attached hydrogens (tertiary/aromatic N) is 1. The molecular formula is C18H19FN2O3. The summed E-state index contributed by atoms with van der Waals surface area (Å²) in [5, 5.41) is 11.7. The summed E-state index contributed by atoms with van der Waals surface area (Å²) in [6.07, 6.45) is 5.86. The number of carbonyl (C=O) groups is 1. The SMILES string of the molecule is CC(C)(CO)NC(=O)/C=C/c1ccc(Oc2cccnc2)c(F)c1. The summed E-state index contributed by atoms with van der Waals surface area (Å²) in [7, 11) is 0. The molecule has 0 aliphatic carbocycles. The molecule has 0 bridgehead atoms. The second kappa shape index (κ2) is 7.70. The van der Waals surface area contributed by atoms with Crippen LogP contribution in [0, 0.1) is 5.82 Å². The van der Waals surface area contributed by atoms with Crippen LogP contribution in [0.1, 0.15) is 19.4 Å². The van der Waals surface area contributed by atoms with Gasteiger partial charge in [0.1, 0.15) is 5.75 Å². The highest BCUT2D eigenvalue weighted by Gasteiger charge is 2.17. The van der Waals surface area contributed by atoms with Crippen LogP contribution in [0.2, 0.25) is 0 Å². The van der Waals surface area contributed by atoms with E-state index in [0.717, 1.165) is 0 Å². The van der Waals surface area contributed by atoms with Crippen LogP contribution in [0.15, 0.2) is 48.8 Å². The zero-order valence-electron chi connectivity index (χ0n) is 13.5. The van der Waals surface area contributed by atoms with Gasteiger partial charge in [-0.25, -0.2) is 4.39 Å². The zero-order chi connectivity index (χ0) is 17.6. The van der Waals surface area contributed by atoms with Crippen molar-refractivity contribution in [3.63, 3.8) is 0 Å². The fourth-order valence-corrected chi connectivity index (χ4v) is 1.82. The third kappa shape index (κ3) is 5.17. The number of hydrogen-bond acceptors (Lipinski definition) is 4. The smallest absolute Gasteiger partial charge is 0.244 e. The molecule has 0 radical (unpaired) electrons. The van der Waals surface area contributed by atoms with E-state index in [9.17, 15) is 9.18 Å². The topological polar surface area (TPSA) is 71.5 Å². The number of halogens is 1. The summed E-state index contributed by atoms with van der Waals surface area (Å²) >= 11 is 0. The largest absolute Gasteiger partial charge is 0.453 e. The predicted molar refractivity (Wildman–Crippen MR) is 89.1 cm³/mol. The minimum atomic E-state index is -0.714. The number of aliphatic hydroxyl groups is 1. The summed E-state index contributed by atoms with van der Waals surface area (Å²) in [6, 6.07) is 7.75. The summed E-state index contributed by atoms with van der Waals surface area (Å²) < 4.78 is 19.5. The highest BCUT2D eigenvalue weighted by Crippen LogP contribution is 2.24. The molecule has 2 N–H and O–H groups in total. The van der Waals surface area contributed by atoms with Crippen LogP contribution in [-0.2, 0) is 4.79 Å². The number of ether oxygens (including phenoxy) is 1. The lowest BCUT2D eigenvalue weighted by Crippen LogP contribution is -2.45. The van der Waals surface area contributed by atoms with Crippen LogP contribution in [0.5, 0.6) is 11.5 Å². The van der Waals surface area contributed by atoms with Gasteiger partial charge in [0, 0.05) is 12.3 Å². The first-order valence-corrected chi connectivity index (χ1v) is 7.38. The summed E-state index contributed by atoms with van der Waals surface area (Å²) in [6.45, 7) is 3.22. The van der Waals surface area contributed by atoms with E-state index in [0.29, 0.717) is 11.3 Å². The van der Waals surface area contributed by atoms with Gasteiger partial charge in [-0.3, -0.25) is 9.78 Å². The molecule has 0 unspecified atom stereocenters. The van der Waals surface area contributed by atoms with Gasteiger partial charge in [-0.1, -0.05) is 6.07 Å². The summed E-state index contributed by atoms with van der Waals surface area (Å²) in [4.78, 5) is 15.6. The van der Waals surface area contributed by atoms with Crippen molar-refractivity contribution in [2.45, 2.75) is 19.4 Å². The normalized spacial score (nSPS) is 11.5. The van der Waals surface area contributed by atoms with Crippen molar-refractivity contribution in [1.29, 1.82) is 0 Å². The number of benzene rings is 1. The maximum atomic E-state index is 14.1. The number of aliphatic hydroxyl groups excluding tert-OH is 1. The van der Waals surface area contributed by atoms with Crippen molar-refractivity contribution in [3.05, 3.63) is 60.2 Å². The minimum absolute atomic E-state index is 0.0750. The molecule has 0 aliphatic rings. The Hall–Kier alpha value is -2.73. The van der Waals surface area contributed by atoms with Gasteiger partial charge in [-0.05, 0) is 49.8 Å².